The lowest BCUT2D eigenvalue weighted by atomic mass is 9.90. The fourth-order valence-corrected chi connectivity index (χ4v) is 3.55. The van der Waals surface area contributed by atoms with Gasteiger partial charge in [-0.3, -0.25) is 0 Å². The second kappa shape index (κ2) is 7.12. The first-order valence-electron chi connectivity index (χ1n) is 8.04. The van der Waals surface area contributed by atoms with Crippen LogP contribution in [0, 0.1) is 19.8 Å². The molecule has 0 aliphatic heterocycles. The Morgan fingerprint density at radius 1 is 1.20 bits per heavy atom. The first kappa shape index (κ1) is 15.4. The number of methoxy groups -OCH3 is 1. The minimum atomic E-state index is 0.493. The van der Waals surface area contributed by atoms with Gasteiger partial charge in [-0.15, -0.1) is 0 Å². The second-order valence-corrected chi connectivity index (χ2v) is 6.17. The molecule has 1 saturated carbocycles. The first-order chi connectivity index (χ1) is 9.65. The summed E-state index contributed by atoms with van der Waals surface area (Å²) in [5.41, 5.74) is 4.04. The minimum Gasteiger partial charge on any atom is -0.496 e. The van der Waals surface area contributed by atoms with Crippen LogP contribution in [0.15, 0.2) is 12.1 Å². The highest BCUT2D eigenvalue weighted by atomic mass is 16.5. The average Bonchev–Trinajstić information content (AvgIpc) is 2.93. The fourth-order valence-electron chi connectivity index (χ4n) is 3.55. The van der Waals surface area contributed by atoms with Crippen molar-refractivity contribution in [1.29, 1.82) is 0 Å². The van der Waals surface area contributed by atoms with Gasteiger partial charge < -0.3 is 10.1 Å². The standard InChI is InChI=1S/C18H29NO/c1-5-19-17(12-15-8-6-7-9-15)16-10-14(3)18(20-4)11-13(16)2/h10-11,15,17,19H,5-9,12H2,1-4H3. The zero-order valence-electron chi connectivity index (χ0n) is 13.5. The van der Waals surface area contributed by atoms with Crippen molar-refractivity contribution in [2.24, 2.45) is 5.92 Å². The van der Waals surface area contributed by atoms with Crippen molar-refractivity contribution < 1.29 is 4.74 Å². The van der Waals surface area contributed by atoms with Crippen molar-refractivity contribution in [1.82, 2.24) is 5.32 Å². The predicted molar refractivity (Wildman–Crippen MR) is 85.5 cm³/mol. The van der Waals surface area contributed by atoms with E-state index in [1.807, 2.05) is 0 Å². The number of hydrogen-bond acceptors (Lipinski definition) is 2. The van der Waals surface area contributed by atoms with Gasteiger partial charge in [0.15, 0.2) is 0 Å². The van der Waals surface area contributed by atoms with Crippen LogP contribution >= 0.6 is 0 Å². The SMILES string of the molecule is CCNC(CC1CCCC1)c1cc(C)c(OC)cc1C. The summed E-state index contributed by atoms with van der Waals surface area (Å²) < 4.78 is 5.43. The summed E-state index contributed by atoms with van der Waals surface area (Å²) in [4.78, 5) is 0. The van der Waals surface area contributed by atoms with Crippen molar-refractivity contribution >= 4 is 0 Å². The summed E-state index contributed by atoms with van der Waals surface area (Å²) in [7, 11) is 1.75. The molecule has 1 aromatic rings. The minimum absolute atomic E-state index is 0.493. The molecule has 2 rings (SSSR count). The number of benzene rings is 1. The molecule has 0 amide bonds. The maximum atomic E-state index is 5.43. The van der Waals surface area contributed by atoms with E-state index >= 15 is 0 Å². The topological polar surface area (TPSA) is 21.3 Å². The Bertz CT molecular complexity index is 435. The Kier molecular flexibility index (Phi) is 5.47. The van der Waals surface area contributed by atoms with Crippen molar-refractivity contribution in [2.45, 2.75) is 58.9 Å². The molecule has 0 saturated heterocycles. The molecule has 2 heteroatoms. The highest BCUT2D eigenvalue weighted by Gasteiger charge is 2.22. The quantitative estimate of drug-likeness (QED) is 0.822. The largest absolute Gasteiger partial charge is 0.496 e. The Morgan fingerprint density at radius 2 is 1.90 bits per heavy atom. The lowest BCUT2D eigenvalue weighted by Gasteiger charge is -2.24. The lowest BCUT2D eigenvalue weighted by molar-refractivity contribution is 0.396. The molecule has 1 N–H and O–H groups in total. The van der Waals surface area contributed by atoms with Gasteiger partial charge in [-0.1, -0.05) is 38.7 Å². The summed E-state index contributed by atoms with van der Waals surface area (Å²) in [5, 5.41) is 3.69. The number of ether oxygens (including phenoxy) is 1. The molecule has 1 aliphatic rings. The first-order valence-corrected chi connectivity index (χ1v) is 8.04. The highest BCUT2D eigenvalue weighted by molar-refractivity contribution is 5.42. The fraction of sp³-hybridized carbons (Fsp3) is 0.667. The van der Waals surface area contributed by atoms with Gasteiger partial charge >= 0.3 is 0 Å². The monoisotopic (exact) mass is 275 g/mol. The maximum absolute atomic E-state index is 5.43. The summed E-state index contributed by atoms with van der Waals surface area (Å²) >= 11 is 0. The van der Waals surface area contributed by atoms with Crippen LogP contribution in [-0.2, 0) is 0 Å². The van der Waals surface area contributed by atoms with Crippen LogP contribution in [0.3, 0.4) is 0 Å². The van der Waals surface area contributed by atoms with E-state index < -0.39 is 0 Å². The van der Waals surface area contributed by atoms with Crippen LogP contribution in [0.2, 0.25) is 0 Å². The number of aryl methyl sites for hydroxylation is 2. The van der Waals surface area contributed by atoms with Crippen LogP contribution in [0.1, 0.15) is 61.8 Å². The molecule has 1 unspecified atom stereocenters. The van der Waals surface area contributed by atoms with Crippen molar-refractivity contribution in [3.63, 3.8) is 0 Å². The summed E-state index contributed by atoms with van der Waals surface area (Å²) in [6.45, 7) is 7.58. The van der Waals surface area contributed by atoms with Crippen LogP contribution in [0.25, 0.3) is 0 Å². The molecule has 2 nitrogen and oxygen atoms in total. The third-order valence-corrected chi connectivity index (χ3v) is 4.65. The van der Waals surface area contributed by atoms with Crippen LogP contribution in [-0.4, -0.2) is 13.7 Å². The smallest absolute Gasteiger partial charge is 0.122 e. The third-order valence-electron chi connectivity index (χ3n) is 4.65. The van der Waals surface area contributed by atoms with Gasteiger partial charge in [-0.05, 0) is 55.5 Å². The summed E-state index contributed by atoms with van der Waals surface area (Å²) in [5.74, 6) is 1.91. The average molecular weight is 275 g/mol. The predicted octanol–water partition coefficient (Wildman–Crippen LogP) is 4.54. The van der Waals surface area contributed by atoms with E-state index in [1.165, 1.54) is 48.8 Å². The van der Waals surface area contributed by atoms with E-state index in [1.54, 1.807) is 7.11 Å². The number of hydrogen-bond donors (Lipinski definition) is 1. The normalized spacial score (nSPS) is 17.4. The van der Waals surface area contributed by atoms with E-state index in [9.17, 15) is 0 Å². The Morgan fingerprint density at radius 3 is 2.50 bits per heavy atom. The Hall–Kier alpha value is -1.02. The molecule has 1 aromatic carbocycles. The molecule has 0 bridgehead atoms. The van der Waals surface area contributed by atoms with Gasteiger partial charge in [0.2, 0.25) is 0 Å². The third kappa shape index (κ3) is 3.54. The molecule has 112 valence electrons. The van der Waals surface area contributed by atoms with Gasteiger partial charge in [0, 0.05) is 6.04 Å². The van der Waals surface area contributed by atoms with E-state index in [0.717, 1.165) is 18.2 Å². The molecule has 0 heterocycles. The highest BCUT2D eigenvalue weighted by Crippen LogP contribution is 2.35. The van der Waals surface area contributed by atoms with Gasteiger partial charge in [-0.25, -0.2) is 0 Å². The summed E-state index contributed by atoms with van der Waals surface area (Å²) in [6, 6.07) is 4.99. The Balaban J connectivity index is 2.21. The molecule has 0 aromatic heterocycles. The molecule has 0 spiro atoms. The van der Waals surface area contributed by atoms with Crippen LogP contribution < -0.4 is 10.1 Å². The van der Waals surface area contributed by atoms with E-state index in [2.05, 4.69) is 38.2 Å². The van der Waals surface area contributed by atoms with Gasteiger partial charge in [0.05, 0.1) is 7.11 Å². The van der Waals surface area contributed by atoms with Crippen molar-refractivity contribution in [2.75, 3.05) is 13.7 Å². The number of nitrogens with one attached hydrogen (secondary N) is 1. The lowest BCUT2D eigenvalue weighted by Crippen LogP contribution is -2.24. The second-order valence-electron chi connectivity index (χ2n) is 6.17. The summed E-state index contributed by atoms with van der Waals surface area (Å²) in [6.07, 6.45) is 6.95. The molecular weight excluding hydrogens is 246 g/mol. The molecular formula is C18H29NO. The molecule has 0 radical (unpaired) electrons. The molecule has 20 heavy (non-hydrogen) atoms. The zero-order valence-corrected chi connectivity index (χ0v) is 13.5. The van der Waals surface area contributed by atoms with Crippen molar-refractivity contribution in [3.8, 4) is 5.75 Å². The van der Waals surface area contributed by atoms with Gasteiger partial charge in [0.25, 0.3) is 0 Å². The maximum Gasteiger partial charge on any atom is 0.122 e. The molecule has 1 aliphatic carbocycles. The van der Waals surface area contributed by atoms with Gasteiger partial charge in [-0.2, -0.15) is 0 Å². The van der Waals surface area contributed by atoms with E-state index in [0.29, 0.717) is 6.04 Å². The Labute approximate surface area is 123 Å². The zero-order chi connectivity index (χ0) is 14.5. The molecule has 1 fully saturated rings. The molecule has 1 atom stereocenters. The van der Waals surface area contributed by atoms with Gasteiger partial charge in [0.1, 0.15) is 5.75 Å². The van der Waals surface area contributed by atoms with Crippen LogP contribution in [0.4, 0.5) is 0 Å². The van der Waals surface area contributed by atoms with E-state index in [-0.39, 0.29) is 0 Å². The van der Waals surface area contributed by atoms with E-state index in [4.69, 9.17) is 4.74 Å². The number of rotatable bonds is 6. The van der Waals surface area contributed by atoms with Crippen molar-refractivity contribution in [3.05, 3.63) is 28.8 Å². The van der Waals surface area contributed by atoms with Crippen LogP contribution in [0.5, 0.6) is 5.75 Å².